The molecule has 1 aromatic rings. The number of nitrogens with one attached hydrogen (secondary N) is 1. The van der Waals surface area contributed by atoms with Crippen molar-refractivity contribution < 1.29 is 15.2 Å². The SMILES string of the molecule is CCc1cc(NN(C)O)c(CCO)c([N+](=O)[O-])c1. The number of aliphatic hydroxyl groups excluding tert-OH is 1. The molecule has 0 unspecified atom stereocenters. The highest BCUT2D eigenvalue weighted by molar-refractivity contribution is 5.62. The van der Waals surface area contributed by atoms with Crippen LogP contribution in [0.5, 0.6) is 0 Å². The lowest BCUT2D eigenvalue weighted by Crippen LogP contribution is -2.22. The molecule has 1 aromatic carbocycles. The largest absolute Gasteiger partial charge is 0.396 e. The van der Waals surface area contributed by atoms with E-state index in [2.05, 4.69) is 5.43 Å². The Kier molecular flexibility index (Phi) is 5.02. The number of nitro groups is 1. The number of hydrogen-bond acceptors (Lipinski definition) is 6. The molecule has 0 amide bonds. The third-order valence-corrected chi connectivity index (χ3v) is 2.54. The summed E-state index contributed by atoms with van der Waals surface area (Å²) in [6.45, 7) is 1.69. The van der Waals surface area contributed by atoms with Crippen molar-refractivity contribution in [1.29, 1.82) is 0 Å². The van der Waals surface area contributed by atoms with Crippen molar-refractivity contribution >= 4 is 11.4 Å². The zero-order valence-electron chi connectivity index (χ0n) is 10.4. The van der Waals surface area contributed by atoms with Crippen LogP contribution in [0.3, 0.4) is 0 Å². The first kappa shape index (κ1) is 14.4. The first-order valence-corrected chi connectivity index (χ1v) is 5.59. The molecule has 0 bridgehead atoms. The molecule has 7 nitrogen and oxygen atoms in total. The van der Waals surface area contributed by atoms with Crippen molar-refractivity contribution in [1.82, 2.24) is 5.17 Å². The lowest BCUT2D eigenvalue weighted by molar-refractivity contribution is -0.385. The Morgan fingerprint density at radius 3 is 2.61 bits per heavy atom. The van der Waals surface area contributed by atoms with Crippen LogP contribution in [-0.2, 0) is 12.8 Å². The minimum absolute atomic E-state index is 0.0484. The van der Waals surface area contributed by atoms with Crippen LogP contribution in [0, 0.1) is 10.1 Å². The summed E-state index contributed by atoms with van der Waals surface area (Å²) in [5.41, 5.74) is 4.14. The lowest BCUT2D eigenvalue weighted by Gasteiger charge is -2.16. The lowest BCUT2D eigenvalue weighted by atomic mass is 10.0. The van der Waals surface area contributed by atoms with E-state index in [0.29, 0.717) is 17.7 Å². The van der Waals surface area contributed by atoms with Gasteiger partial charge in [-0.1, -0.05) is 6.92 Å². The summed E-state index contributed by atoms with van der Waals surface area (Å²) in [5, 5.41) is 29.9. The van der Waals surface area contributed by atoms with Gasteiger partial charge in [0, 0.05) is 26.1 Å². The second-order valence-corrected chi connectivity index (χ2v) is 3.86. The van der Waals surface area contributed by atoms with E-state index in [9.17, 15) is 15.3 Å². The molecule has 100 valence electrons. The summed E-state index contributed by atoms with van der Waals surface area (Å²) < 4.78 is 0. The van der Waals surface area contributed by atoms with Crippen LogP contribution < -0.4 is 5.43 Å². The number of nitro benzene ring substituents is 1. The minimum atomic E-state index is -0.479. The number of aliphatic hydroxyl groups is 1. The Balaban J connectivity index is 3.34. The molecule has 0 saturated carbocycles. The van der Waals surface area contributed by atoms with Crippen molar-refractivity contribution in [3.8, 4) is 0 Å². The Hall–Kier alpha value is -1.70. The Labute approximate surface area is 105 Å². The molecule has 0 aliphatic heterocycles. The number of nitrogens with zero attached hydrogens (tertiary/aromatic N) is 2. The van der Waals surface area contributed by atoms with E-state index >= 15 is 0 Å². The summed E-state index contributed by atoms with van der Waals surface area (Å²) in [6, 6.07) is 3.22. The van der Waals surface area contributed by atoms with Crippen LogP contribution >= 0.6 is 0 Å². The molecule has 0 spiro atoms. The zero-order valence-corrected chi connectivity index (χ0v) is 10.4. The highest BCUT2D eigenvalue weighted by atomic mass is 16.6. The van der Waals surface area contributed by atoms with Gasteiger partial charge in [0.25, 0.3) is 5.69 Å². The number of hydrogen-bond donors (Lipinski definition) is 3. The first-order chi connectivity index (χ1) is 8.49. The average molecular weight is 255 g/mol. The second-order valence-electron chi connectivity index (χ2n) is 3.86. The van der Waals surface area contributed by atoms with E-state index in [1.807, 2.05) is 6.92 Å². The molecule has 1 rings (SSSR count). The third kappa shape index (κ3) is 3.39. The van der Waals surface area contributed by atoms with E-state index in [4.69, 9.17) is 5.11 Å². The van der Waals surface area contributed by atoms with Crippen LogP contribution in [0.25, 0.3) is 0 Å². The van der Waals surface area contributed by atoms with Crippen LogP contribution in [0.2, 0.25) is 0 Å². The molecule has 7 heteroatoms. The topological polar surface area (TPSA) is 98.9 Å². The van der Waals surface area contributed by atoms with Crippen LogP contribution in [0.4, 0.5) is 11.4 Å². The van der Waals surface area contributed by atoms with Crippen LogP contribution in [0.15, 0.2) is 12.1 Å². The molecule has 0 fully saturated rings. The van der Waals surface area contributed by atoms with Gasteiger partial charge < -0.3 is 5.11 Å². The molecule has 0 atom stereocenters. The van der Waals surface area contributed by atoms with Crippen molar-refractivity contribution in [2.24, 2.45) is 0 Å². The maximum absolute atomic E-state index is 11.0. The van der Waals surface area contributed by atoms with Gasteiger partial charge >= 0.3 is 0 Å². The van der Waals surface area contributed by atoms with Gasteiger partial charge in [0.05, 0.1) is 16.2 Å². The molecular formula is C11H17N3O4. The zero-order chi connectivity index (χ0) is 13.7. The van der Waals surface area contributed by atoms with Gasteiger partial charge in [-0.2, -0.15) is 0 Å². The number of hydroxylamine groups is 1. The number of anilines is 1. The van der Waals surface area contributed by atoms with Crippen molar-refractivity contribution in [3.63, 3.8) is 0 Å². The normalized spacial score (nSPS) is 10.7. The van der Waals surface area contributed by atoms with E-state index in [-0.39, 0.29) is 18.7 Å². The average Bonchev–Trinajstić information content (AvgIpc) is 2.30. The van der Waals surface area contributed by atoms with E-state index in [1.54, 1.807) is 6.07 Å². The van der Waals surface area contributed by atoms with Gasteiger partial charge in [0.2, 0.25) is 0 Å². The summed E-state index contributed by atoms with van der Waals surface area (Å²) in [7, 11) is 1.37. The molecule has 0 aliphatic carbocycles. The third-order valence-electron chi connectivity index (χ3n) is 2.54. The molecule has 0 aromatic heterocycles. The number of benzene rings is 1. The van der Waals surface area contributed by atoms with E-state index in [1.165, 1.54) is 13.1 Å². The smallest absolute Gasteiger partial charge is 0.275 e. The van der Waals surface area contributed by atoms with Gasteiger partial charge in [0.15, 0.2) is 0 Å². The highest BCUT2D eigenvalue weighted by Gasteiger charge is 2.19. The molecule has 18 heavy (non-hydrogen) atoms. The quantitative estimate of drug-likeness (QED) is 0.524. The van der Waals surface area contributed by atoms with Crippen molar-refractivity contribution in [3.05, 3.63) is 33.4 Å². The Morgan fingerprint density at radius 2 is 2.17 bits per heavy atom. The van der Waals surface area contributed by atoms with Gasteiger partial charge in [0.1, 0.15) is 0 Å². The maximum Gasteiger partial charge on any atom is 0.275 e. The molecule has 0 aliphatic rings. The fourth-order valence-electron chi connectivity index (χ4n) is 1.73. The number of aryl methyl sites for hydroxylation is 1. The molecule has 0 heterocycles. The maximum atomic E-state index is 11.0. The summed E-state index contributed by atoms with van der Waals surface area (Å²) in [4.78, 5) is 10.5. The predicted molar refractivity (Wildman–Crippen MR) is 66.4 cm³/mol. The molecule has 3 N–H and O–H groups in total. The van der Waals surface area contributed by atoms with Gasteiger partial charge in [-0.05, 0) is 18.1 Å². The Morgan fingerprint density at radius 1 is 1.50 bits per heavy atom. The predicted octanol–water partition coefficient (Wildman–Crippen LogP) is 1.34. The molecule has 0 saturated heterocycles. The van der Waals surface area contributed by atoms with Crippen LogP contribution in [0.1, 0.15) is 18.1 Å². The Bertz CT molecular complexity index is 435. The standard InChI is InChI=1S/C11H17N3O4/c1-3-8-6-10(12-13(2)16)9(4-5-15)11(7-8)14(17)18/h6-7,12,15-16H,3-5H2,1-2H3. The van der Waals surface area contributed by atoms with E-state index in [0.717, 1.165) is 10.7 Å². The van der Waals surface area contributed by atoms with E-state index < -0.39 is 4.92 Å². The number of hydrazine groups is 1. The van der Waals surface area contributed by atoms with Gasteiger partial charge in [-0.3, -0.25) is 20.7 Å². The summed E-state index contributed by atoms with van der Waals surface area (Å²) >= 11 is 0. The van der Waals surface area contributed by atoms with Gasteiger partial charge in [-0.25, -0.2) is 0 Å². The monoisotopic (exact) mass is 255 g/mol. The van der Waals surface area contributed by atoms with Crippen molar-refractivity contribution in [2.75, 3.05) is 19.1 Å². The first-order valence-electron chi connectivity index (χ1n) is 5.59. The van der Waals surface area contributed by atoms with Crippen molar-refractivity contribution in [2.45, 2.75) is 19.8 Å². The van der Waals surface area contributed by atoms with Gasteiger partial charge in [-0.15, -0.1) is 5.17 Å². The summed E-state index contributed by atoms with van der Waals surface area (Å²) in [6.07, 6.45) is 0.792. The molecular weight excluding hydrogens is 238 g/mol. The fraction of sp³-hybridized carbons (Fsp3) is 0.455. The molecule has 0 radical (unpaired) electrons. The van der Waals surface area contributed by atoms with Crippen LogP contribution in [-0.4, -0.2) is 34.1 Å². The summed E-state index contributed by atoms with van der Waals surface area (Å²) in [5.74, 6) is 0. The fourth-order valence-corrected chi connectivity index (χ4v) is 1.73. The minimum Gasteiger partial charge on any atom is -0.396 e. The second kappa shape index (κ2) is 6.29. The number of rotatable bonds is 6. The highest BCUT2D eigenvalue weighted by Crippen LogP contribution is 2.29.